The van der Waals surface area contributed by atoms with E-state index in [2.05, 4.69) is 4.90 Å². The van der Waals surface area contributed by atoms with Crippen LogP contribution in [0.4, 0.5) is 4.39 Å². The van der Waals surface area contributed by atoms with Gasteiger partial charge in [-0.05, 0) is 19.1 Å². The van der Waals surface area contributed by atoms with Crippen molar-refractivity contribution in [2.45, 2.75) is 25.5 Å². The summed E-state index contributed by atoms with van der Waals surface area (Å²) in [6, 6.07) is 6.24. The van der Waals surface area contributed by atoms with E-state index in [0.717, 1.165) is 0 Å². The van der Waals surface area contributed by atoms with Crippen LogP contribution >= 0.6 is 0 Å². The molecular formula is C15H20FNO3. The van der Waals surface area contributed by atoms with Gasteiger partial charge in [-0.1, -0.05) is 12.1 Å². The van der Waals surface area contributed by atoms with Gasteiger partial charge in [0.25, 0.3) is 0 Å². The predicted molar refractivity (Wildman–Crippen MR) is 73.2 cm³/mol. The van der Waals surface area contributed by atoms with Crippen molar-refractivity contribution in [1.29, 1.82) is 0 Å². The number of halogens is 1. The number of benzene rings is 1. The number of rotatable bonds is 5. The molecule has 1 saturated heterocycles. The molecule has 1 heterocycles. The number of morpholine rings is 1. The number of ether oxygens (including phenoxy) is 1. The maximum Gasteiger partial charge on any atom is 0.167 e. The fourth-order valence-electron chi connectivity index (χ4n) is 2.36. The largest absolute Gasteiger partial charge is 0.394 e. The summed E-state index contributed by atoms with van der Waals surface area (Å²) < 4.78 is 19.0. The number of nitrogens with zero attached hydrogens (tertiary/aromatic N) is 1. The van der Waals surface area contributed by atoms with Crippen molar-refractivity contribution in [1.82, 2.24) is 4.90 Å². The third kappa shape index (κ3) is 3.62. The van der Waals surface area contributed by atoms with Crippen molar-refractivity contribution < 1.29 is 19.0 Å². The molecule has 0 saturated carbocycles. The summed E-state index contributed by atoms with van der Waals surface area (Å²) in [7, 11) is 0. The van der Waals surface area contributed by atoms with Crippen molar-refractivity contribution in [3.8, 4) is 0 Å². The van der Waals surface area contributed by atoms with Crippen molar-refractivity contribution in [2.75, 3.05) is 26.3 Å². The lowest BCUT2D eigenvalue weighted by Gasteiger charge is -2.37. The highest BCUT2D eigenvalue weighted by molar-refractivity contribution is 5.96. The first kappa shape index (κ1) is 15.1. The Morgan fingerprint density at radius 3 is 2.95 bits per heavy atom. The standard InChI is InChI=1S/C15H20FNO3/c1-11-10-20-12(9-18)8-17(11)7-6-15(19)13-4-2-3-5-14(13)16/h2-5,11-12,18H,6-10H2,1H3. The third-order valence-electron chi connectivity index (χ3n) is 3.64. The number of ketones is 1. The van der Waals surface area contributed by atoms with Crippen LogP contribution in [0.15, 0.2) is 24.3 Å². The van der Waals surface area contributed by atoms with Crippen LogP contribution in [0.2, 0.25) is 0 Å². The predicted octanol–water partition coefficient (Wildman–Crippen LogP) is 1.48. The Hall–Kier alpha value is -1.30. The first-order chi connectivity index (χ1) is 9.61. The van der Waals surface area contributed by atoms with E-state index in [1.165, 1.54) is 12.1 Å². The second-order valence-electron chi connectivity index (χ2n) is 5.13. The molecule has 0 bridgehead atoms. The van der Waals surface area contributed by atoms with Gasteiger partial charge in [0.1, 0.15) is 5.82 Å². The van der Waals surface area contributed by atoms with Crippen molar-refractivity contribution in [3.05, 3.63) is 35.6 Å². The Bertz CT molecular complexity index is 466. The maximum atomic E-state index is 13.5. The lowest BCUT2D eigenvalue weighted by Crippen LogP contribution is -2.49. The Morgan fingerprint density at radius 1 is 1.50 bits per heavy atom. The normalized spacial score (nSPS) is 23.8. The summed E-state index contributed by atoms with van der Waals surface area (Å²) in [5.74, 6) is -0.664. The number of Topliss-reactive ketones (excluding diaryl/α,β-unsaturated/α-hetero) is 1. The molecule has 110 valence electrons. The second-order valence-corrected chi connectivity index (χ2v) is 5.13. The molecule has 20 heavy (non-hydrogen) atoms. The molecule has 1 aromatic rings. The van der Waals surface area contributed by atoms with E-state index in [9.17, 15) is 9.18 Å². The topological polar surface area (TPSA) is 49.8 Å². The SMILES string of the molecule is CC1COC(CO)CN1CCC(=O)c1ccccc1F. The summed E-state index contributed by atoms with van der Waals surface area (Å²) in [5.41, 5.74) is 0.145. The lowest BCUT2D eigenvalue weighted by molar-refractivity contribution is -0.0772. The van der Waals surface area contributed by atoms with Gasteiger partial charge in [-0.2, -0.15) is 0 Å². The van der Waals surface area contributed by atoms with Crippen LogP contribution in [0.3, 0.4) is 0 Å². The Labute approximate surface area is 118 Å². The van der Waals surface area contributed by atoms with E-state index < -0.39 is 5.82 Å². The van der Waals surface area contributed by atoms with E-state index in [0.29, 0.717) is 19.7 Å². The first-order valence-electron chi connectivity index (χ1n) is 6.86. The fourth-order valence-corrected chi connectivity index (χ4v) is 2.36. The lowest BCUT2D eigenvalue weighted by atomic mass is 10.1. The number of aliphatic hydroxyl groups excluding tert-OH is 1. The van der Waals surface area contributed by atoms with Crippen LogP contribution in [-0.4, -0.2) is 54.2 Å². The van der Waals surface area contributed by atoms with Gasteiger partial charge >= 0.3 is 0 Å². The van der Waals surface area contributed by atoms with Gasteiger partial charge in [0.15, 0.2) is 5.78 Å². The van der Waals surface area contributed by atoms with Crippen LogP contribution in [0, 0.1) is 5.82 Å². The molecule has 5 heteroatoms. The zero-order chi connectivity index (χ0) is 14.5. The van der Waals surface area contributed by atoms with Crippen molar-refractivity contribution >= 4 is 5.78 Å². The molecule has 1 aromatic carbocycles. The molecular weight excluding hydrogens is 261 g/mol. The highest BCUT2D eigenvalue weighted by Gasteiger charge is 2.26. The smallest absolute Gasteiger partial charge is 0.167 e. The second kappa shape index (κ2) is 6.92. The van der Waals surface area contributed by atoms with E-state index >= 15 is 0 Å². The number of hydrogen-bond acceptors (Lipinski definition) is 4. The number of hydrogen-bond donors (Lipinski definition) is 1. The Balaban J connectivity index is 1.91. The van der Waals surface area contributed by atoms with E-state index in [4.69, 9.17) is 9.84 Å². The minimum Gasteiger partial charge on any atom is -0.394 e. The molecule has 1 N–H and O–H groups in total. The molecule has 2 atom stereocenters. The molecule has 0 radical (unpaired) electrons. The van der Waals surface area contributed by atoms with Crippen LogP contribution in [0.25, 0.3) is 0 Å². The Kier molecular flexibility index (Phi) is 5.23. The van der Waals surface area contributed by atoms with E-state index in [-0.39, 0.29) is 36.5 Å². The molecule has 0 amide bonds. The molecule has 0 spiro atoms. The Morgan fingerprint density at radius 2 is 2.25 bits per heavy atom. The minimum absolute atomic E-state index is 0.0233. The maximum absolute atomic E-state index is 13.5. The average Bonchev–Trinajstić information content (AvgIpc) is 2.46. The molecule has 1 fully saturated rings. The van der Waals surface area contributed by atoms with Crippen LogP contribution < -0.4 is 0 Å². The number of aliphatic hydroxyl groups is 1. The monoisotopic (exact) mass is 281 g/mol. The zero-order valence-electron chi connectivity index (χ0n) is 11.6. The fraction of sp³-hybridized carbons (Fsp3) is 0.533. The molecule has 2 rings (SSSR count). The van der Waals surface area contributed by atoms with E-state index in [1.54, 1.807) is 12.1 Å². The molecule has 4 nitrogen and oxygen atoms in total. The summed E-state index contributed by atoms with van der Waals surface area (Å²) in [5, 5.41) is 9.12. The van der Waals surface area contributed by atoms with Crippen LogP contribution in [0.5, 0.6) is 0 Å². The minimum atomic E-state index is -0.472. The zero-order valence-corrected chi connectivity index (χ0v) is 11.6. The highest BCUT2D eigenvalue weighted by atomic mass is 19.1. The summed E-state index contributed by atoms with van der Waals surface area (Å²) >= 11 is 0. The van der Waals surface area contributed by atoms with E-state index in [1.807, 2.05) is 6.92 Å². The van der Waals surface area contributed by atoms with Crippen LogP contribution in [-0.2, 0) is 4.74 Å². The van der Waals surface area contributed by atoms with Crippen molar-refractivity contribution in [3.63, 3.8) is 0 Å². The van der Waals surface area contributed by atoms with Gasteiger partial charge in [0.05, 0.1) is 24.9 Å². The third-order valence-corrected chi connectivity index (χ3v) is 3.64. The molecule has 1 aliphatic rings. The molecule has 2 unspecified atom stereocenters. The summed E-state index contributed by atoms with van der Waals surface area (Å²) in [6.45, 7) is 3.68. The summed E-state index contributed by atoms with van der Waals surface area (Å²) in [4.78, 5) is 14.1. The average molecular weight is 281 g/mol. The van der Waals surface area contributed by atoms with Gasteiger partial charge in [-0.15, -0.1) is 0 Å². The molecule has 0 aromatic heterocycles. The highest BCUT2D eigenvalue weighted by Crippen LogP contribution is 2.14. The van der Waals surface area contributed by atoms with Gasteiger partial charge in [-0.3, -0.25) is 9.69 Å². The van der Waals surface area contributed by atoms with Gasteiger partial charge in [-0.25, -0.2) is 4.39 Å². The van der Waals surface area contributed by atoms with Crippen LogP contribution in [0.1, 0.15) is 23.7 Å². The molecule has 1 aliphatic heterocycles. The number of carbonyl (C=O) groups excluding carboxylic acids is 1. The quantitative estimate of drug-likeness (QED) is 0.831. The van der Waals surface area contributed by atoms with Gasteiger partial charge in [0, 0.05) is 25.6 Å². The number of carbonyl (C=O) groups is 1. The van der Waals surface area contributed by atoms with Gasteiger partial charge < -0.3 is 9.84 Å². The summed E-state index contributed by atoms with van der Waals surface area (Å²) in [6.07, 6.45) is 0.0680. The molecule has 0 aliphatic carbocycles. The van der Waals surface area contributed by atoms with Crippen molar-refractivity contribution in [2.24, 2.45) is 0 Å². The van der Waals surface area contributed by atoms with Gasteiger partial charge in [0.2, 0.25) is 0 Å². The first-order valence-corrected chi connectivity index (χ1v) is 6.86.